The highest BCUT2D eigenvalue weighted by Crippen LogP contribution is 2.27. The number of hydrogen-bond acceptors (Lipinski definition) is 4. The third-order valence-corrected chi connectivity index (χ3v) is 5.07. The highest BCUT2D eigenvalue weighted by molar-refractivity contribution is 5.97. The number of amides is 1. The Labute approximate surface area is 168 Å². The molecule has 148 valence electrons. The molecule has 3 aromatic rings. The molecule has 0 bridgehead atoms. The first-order chi connectivity index (χ1) is 14.1. The highest BCUT2D eigenvalue weighted by Gasteiger charge is 2.20. The molecule has 29 heavy (non-hydrogen) atoms. The number of carboxylic acids is 1. The van der Waals surface area contributed by atoms with Crippen molar-refractivity contribution in [1.29, 1.82) is 0 Å². The Bertz CT molecular complexity index is 1040. The highest BCUT2D eigenvalue weighted by atomic mass is 16.4. The van der Waals surface area contributed by atoms with Gasteiger partial charge >= 0.3 is 5.97 Å². The number of aromatic amines is 1. The molecule has 0 fully saturated rings. The van der Waals surface area contributed by atoms with Crippen LogP contribution in [0.3, 0.4) is 0 Å². The lowest BCUT2D eigenvalue weighted by atomic mass is 10.1. The second-order valence-electron chi connectivity index (χ2n) is 7.15. The lowest BCUT2D eigenvalue weighted by Crippen LogP contribution is -2.31. The molecule has 3 N–H and O–H groups in total. The van der Waals surface area contributed by atoms with E-state index >= 15 is 0 Å². The van der Waals surface area contributed by atoms with Crippen LogP contribution in [0.5, 0.6) is 0 Å². The fourth-order valence-corrected chi connectivity index (χ4v) is 3.51. The first-order valence-electron chi connectivity index (χ1n) is 9.74. The van der Waals surface area contributed by atoms with Gasteiger partial charge < -0.3 is 15.4 Å². The number of aliphatic carboxylic acids is 1. The third-order valence-electron chi connectivity index (χ3n) is 5.07. The molecule has 1 amide bonds. The van der Waals surface area contributed by atoms with Gasteiger partial charge in [0.25, 0.3) is 5.91 Å². The molecule has 1 aliphatic rings. The fourth-order valence-electron chi connectivity index (χ4n) is 3.51. The number of H-pyrrole nitrogens is 1. The van der Waals surface area contributed by atoms with E-state index < -0.39 is 5.97 Å². The van der Waals surface area contributed by atoms with Crippen molar-refractivity contribution in [3.8, 4) is 22.5 Å². The number of aryl methyl sites for hydroxylation is 1. The smallest absolute Gasteiger partial charge is 0.303 e. The Morgan fingerprint density at radius 3 is 2.76 bits per heavy atom. The molecule has 0 aliphatic carbocycles. The maximum Gasteiger partial charge on any atom is 0.303 e. The monoisotopic (exact) mass is 390 g/mol. The zero-order valence-corrected chi connectivity index (χ0v) is 15.9. The van der Waals surface area contributed by atoms with Crippen molar-refractivity contribution >= 4 is 11.9 Å². The average molecular weight is 390 g/mol. The van der Waals surface area contributed by atoms with E-state index in [1.165, 1.54) is 0 Å². The number of carboxylic acid groups (broad SMARTS) is 1. The van der Waals surface area contributed by atoms with Gasteiger partial charge in [-0.25, -0.2) is 0 Å². The fraction of sp³-hybridized carbons (Fsp3) is 0.273. The van der Waals surface area contributed by atoms with Crippen molar-refractivity contribution in [3.05, 3.63) is 59.7 Å². The van der Waals surface area contributed by atoms with E-state index in [2.05, 4.69) is 20.3 Å². The number of nitrogens with zero attached hydrogens (tertiary/aromatic N) is 2. The number of carbonyl (C=O) groups is 2. The molecule has 0 radical (unpaired) electrons. The molecule has 0 saturated heterocycles. The number of nitrogens with one attached hydrogen (secondary N) is 2. The second kappa shape index (κ2) is 8.26. The lowest BCUT2D eigenvalue weighted by molar-refractivity contribution is -0.137. The Morgan fingerprint density at radius 1 is 1.10 bits per heavy atom. The summed E-state index contributed by atoms with van der Waals surface area (Å²) in [6.07, 6.45) is 6.76. The normalized spacial score (nSPS) is 13.0. The maximum atomic E-state index is 12.0. The van der Waals surface area contributed by atoms with Crippen molar-refractivity contribution in [1.82, 2.24) is 20.3 Å². The molecule has 7 heteroatoms. The number of rotatable bonds is 7. The van der Waals surface area contributed by atoms with Crippen LogP contribution in [0.4, 0.5) is 0 Å². The van der Waals surface area contributed by atoms with Gasteiger partial charge in [-0.05, 0) is 49.6 Å². The van der Waals surface area contributed by atoms with Crippen molar-refractivity contribution in [2.75, 3.05) is 6.54 Å². The zero-order valence-electron chi connectivity index (χ0n) is 15.9. The van der Waals surface area contributed by atoms with E-state index in [9.17, 15) is 9.59 Å². The molecule has 1 aliphatic heterocycles. The number of pyridine rings is 2. The molecule has 4 rings (SSSR count). The van der Waals surface area contributed by atoms with Crippen LogP contribution >= 0.6 is 0 Å². The van der Waals surface area contributed by atoms with Crippen molar-refractivity contribution in [3.63, 3.8) is 0 Å². The van der Waals surface area contributed by atoms with Crippen molar-refractivity contribution in [2.45, 2.75) is 32.1 Å². The summed E-state index contributed by atoms with van der Waals surface area (Å²) in [7, 11) is 0. The number of carbonyl (C=O) groups excluding carboxylic acids is 1. The zero-order chi connectivity index (χ0) is 20.2. The van der Waals surface area contributed by atoms with Crippen LogP contribution < -0.4 is 5.32 Å². The Morgan fingerprint density at radius 2 is 2.00 bits per heavy atom. The number of fused-ring (bicyclic) bond motifs is 1. The molecule has 7 nitrogen and oxygen atoms in total. The number of unbranched alkanes of at least 4 members (excludes halogenated alkanes) is 1. The summed E-state index contributed by atoms with van der Waals surface area (Å²) in [5, 5.41) is 11.6. The van der Waals surface area contributed by atoms with Crippen LogP contribution in [0, 0.1) is 0 Å². The molecular weight excluding hydrogens is 368 g/mol. The number of aromatic nitrogens is 3. The van der Waals surface area contributed by atoms with E-state index in [-0.39, 0.29) is 12.3 Å². The predicted octanol–water partition coefficient (Wildman–Crippen LogP) is 3.22. The van der Waals surface area contributed by atoms with Gasteiger partial charge in [0.1, 0.15) is 0 Å². The Balaban J connectivity index is 1.49. The summed E-state index contributed by atoms with van der Waals surface area (Å²) in [5.41, 5.74) is 6.21. The van der Waals surface area contributed by atoms with E-state index in [1.807, 2.05) is 30.3 Å². The van der Waals surface area contributed by atoms with Gasteiger partial charge in [-0.3, -0.25) is 19.6 Å². The summed E-state index contributed by atoms with van der Waals surface area (Å²) in [4.78, 5) is 34.9. The van der Waals surface area contributed by atoms with E-state index in [0.717, 1.165) is 53.2 Å². The Hall–Kier alpha value is -3.48. The van der Waals surface area contributed by atoms with Gasteiger partial charge in [0, 0.05) is 60.0 Å². The molecule has 0 atom stereocenters. The molecule has 0 spiro atoms. The molecule has 4 heterocycles. The predicted molar refractivity (Wildman–Crippen MR) is 108 cm³/mol. The topological polar surface area (TPSA) is 108 Å². The second-order valence-corrected chi connectivity index (χ2v) is 7.15. The summed E-state index contributed by atoms with van der Waals surface area (Å²) in [6, 6.07) is 9.74. The molecule has 0 aromatic carbocycles. The quantitative estimate of drug-likeness (QED) is 0.537. The van der Waals surface area contributed by atoms with E-state index in [0.29, 0.717) is 18.5 Å². The molecule has 3 aromatic heterocycles. The first kappa shape index (κ1) is 18.9. The minimum atomic E-state index is -0.761. The van der Waals surface area contributed by atoms with Gasteiger partial charge in [0.2, 0.25) is 0 Å². The maximum absolute atomic E-state index is 12.0. The van der Waals surface area contributed by atoms with Crippen LogP contribution in [0.1, 0.15) is 41.0 Å². The van der Waals surface area contributed by atoms with Gasteiger partial charge in [-0.1, -0.05) is 0 Å². The van der Waals surface area contributed by atoms with Crippen LogP contribution in [-0.2, 0) is 17.6 Å². The summed E-state index contributed by atoms with van der Waals surface area (Å²) < 4.78 is 0. The van der Waals surface area contributed by atoms with Gasteiger partial charge in [-0.15, -0.1) is 0 Å². The molecule has 0 saturated carbocycles. The van der Waals surface area contributed by atoms with Gasteiger partial charge in [0.15, 0.2) is 0 Å². The SMILES string of the molecule is O=C(O)CCCCc1ccc(-c2cc(-c3cc4c([nH]3)CCNC4=O)ccn2)cn1. The van der Waals surface area contributed by atoms with E-state index in [1.54, 1.807) is 12.4 Å². The third kappa shape index (κ3) is 4.34. The Kier molecular flexibility index (Phi) is 5.37. The van der Waals surface area contributed by atoms with Crippen LogP contribution in [-0.4, -0.2) is 38.5 Å². The first-order valence-corrected chi connectivity index (χ1v) is 9.74. The summed E-state index contributed by atoms with van der Waals surface area (Å²) in [5.74, 6) is -0.797. The van der Waals surface area contributed by atoms with Gasteiger partial charge in [-0.2, -0.15) is 0 Å². The van der Waals surface area contributed by atoms with Crippen molar-refractivity contribution < 1.29 is 14.7 Å². The largest absolute Gasteiger partial charge is 0.481 e. The van der Waals surface area contributed by atoms with Crippen LogP contribution in [0.15, 0.2) is 42.7 Å². The minimum absolute atomic E-state index is 0.0360. The summed E-state index contributed by atoms with van der Waals surface area (Å²) in [6.45, 7) is 0.654. The van der Waals surface area contributed by atoms with Crippen LogP contribution in [0.25, 0.3) is 22.5 Å². The average Bonchev–Trinajstić information content (AvgIpc) is 3.18. The number of hydrogen-bond donors (Lipinski definition) is 3. The van der Waals surface area contributed by atoms with Crippen molar-refractivity contribution in [2.24, 2.45) is 0 Å². The molecule has 0 unspecified atom stereocenters. The van der Waals surface area contributed by atoms with E-state index in [4.69, 9.17) is 5.11 Å². The summed E-state index contributed by atoms with van der Waals surface area (Å²) >= 11 is 0. The van der Waals surface area contributed by atoms with Gasteiger partial charge in [0.05, 0.1) is 11.3 Å². The lowest BCUT2D eigenvalue weighted by Gasteiger charge is -2.10. The minimum Gasteiger partial charge on any atom is -0.481 e. The van der Waals surface area contributed by atoms with Crippen LogP contribution in [0.2, 0.25) is 0 Å². The molecular formula is C22H22N4O3. The standard InChI is InChI=1S/C22H22N4O3/c27-21(28)4-2-1-3-16-6-5-15(13-25-16)19-11-14(7-9-23-19)20-12-17-18(26-20)8-10-24-22(17)29/h5-7,9,11-13,26H,1-4,8,10H2,(H,24,29)(H,27,28).